The first-order valence-electron chi connectivity index (χ1n) is 9.57. The zero-order valence-electron chi connectivity index (χ0n) is 17.1. The lowest BCUT2D eigenvalue weighted by Crippen LogP contribution is -2.21. The summed E-state index contributed by atoms with van der Waals surface area (Å²) in [4.78, 5) is 8.90. The largest absolute Gasteiger partial charge is 0.493 e. The highest BCUT2D eigenvalue weighted by Gasteiger charge is 2.39. The van der Waals surface area contributed by atoms with Gasteiger partial charge in [0.25, 0.3) is 0 Å². The number of hydrogen-bond acceptors (Lipinski definition) is 3. The summed E-state index contributed by atoms with van der Waals surface area (Å²) in [6.07, 6.45) is -14.9. The number of carboxylic acids is 1. The van der Waals surface area contributed by atoms with Gasteiger partial charge in [-0.3, -0.25) is 0 Å². The average molecular weight is 503 g/mol. The Hall–Kier alpha value is -2.96. The number of hydrogen-bond donors (Lipinski definition) is 2. The highest BCUT2D eigenvalue weighted by atomic mass is 19.4. The van der Waals surface area contributed by atoms with E-state index in [1.165, 1.54) is 0 Å². The molecule has 0 amide bonds. The van der Waals surface area contributed by atoms with Crippen LogP contribution >= 0.6 is 0 Å². The van der Waals surface area contributed by atoms with Gasteiger partial charge in [-0.05, 0) is 23.8 Å². The molecule has 0 radical (unpaired) electrons. The van der Waals surface area contributed by atoms with Crippen LogP contribution in [0.5, 0.6) is 5.75 Å². The van der Waals surface area contributed by atoms with E-state index in [1.807, 2.05) is 30.3 Å². The van der Waals surface area contributed by atoms with Crippen LogP contribution in [0.25, 0.3) is 0 Å². The van der Waals surface area contributed by atoms with Gasteiger partial charge in [0.05, 0.1) is 17.7 Å². The van der Waals surface area contributed by atoms with Crippen molar-refractivity contribution in [3.8, 4) is 5.75 Å². The lowest BCUT2D eigenvalue weighted by Gasteiger charge is -2.20. The predicted molar refractivity (Wildman–Crippen MR) is 101 cm³/mol. The lowest BCUT2D eigenvalue weighted by atomic mass is 9.89. The number of benzene rings is 2. The number of halogens is 9. The molecule has 1 heterocycles. The topological polar surface area (TPSA) is 58.6 Å². The fourth-order valence-corrected chi connectivity index (χ4v) is 3.21. The van der Waals surface area contributed by atoms with Crippen molar-refractivity contribution in [1.82, 2.24) is 5.32 Å². The maximum absolute atomic E-state index is 12.9. The Bertz CT molecular complexity index is 924. The summed E-state index contributed by atoms with van der Waals surface area (Å²) in [5.74, 6) is -3.17. The third-order valence-corrected chi connectivity index (χ3v) is 4.84. The van der Waals surface area contributed by atoms with Crippen molar-refractivity contribution in [2.75, 3.05) is 19.7 Å². The van der Waals surface area contributed by atoms with Gasteiger partial charge in [0, 0.05) is 24.9 Å². The minimum Gasteiger partial charge on any atom is -0.493 e. The number of alkyl halides is 9. The Morgan fingerprint density at radius 2 is 1.38 bits per heavy atom. The van der Waals surface area contributed by atoms with Crippen LogP contribution in [0.15, 0.2) is 48.5 Å². The summed E-state index contributed by atoms with van der Waals surface area (Å²) in [6.45, 7) is 1.27. The number of ether oxygens (including phenoxy) is 1. The first-order chi connectivity index (χ1) is 15.6. The molecule has 0 saturated carbocycles. The third-order valence-electron chi connectivity index (χ3n) is 4.84. The molecule has 1 saturated heterocycles. The highest BCUT2D eigenvalue weighted by molar-refractivity contribution is 5.73. The van der Waals surface area contributed by atoms with Crippen LogP contribution in [-0.4, -0.2) is 36.9 Å². The molecule has 3 rings (SSSR count). The van der Waals surface area contributed by atoms with Gasteiger partial charge in [0.2, 0.25) is 0 Å². The van der Waals surface area contributed by atoms with Crippen LogP contribution < -0.4 is 10.1 Å². The molecule has 13 heteroatoms. The molecule has 1 aliphatic rings. The molecule has 0 bridgehead atoms. The maximum Gasteiger partial charge on any atom is 0.490 e. The van der Waals surface area contributed by atoms with E-state index in [0.717, 1.165) is 5.56 Å². The molecule has 188 valence electrons. The van der Waals surface area contributed by atoms with E-state index in [9.17, 15) is 39.5 Å². The summed E-state index contributed by atoms with van der Waals surface area (Å²) >= 11 is 0. The highest BCUT2D eigenvalue weighted by Crippen LogP contribution is 2.38. The summed E-state index contributed by atoms with van der Waals surface area (Å²) < 4.78 is 115. The van der Waals surface area contributed by atoms with Crippen molar-refractivity contribution in [3.05, 3.63) is 65.2 Å². The fourth-order valence-electron chi connectivity index (χ4n) is 3.21. The van der Waals surface area contributed by atoms with Crippen LogP contribution in [0.3, 0.4) is 0 Å². The Morgan fingerprint density at radius 1 is 0.882 bits per heavy atom. The molecule has 0 spiro atoms. The average Bonchev–Trinajstić information content (AvgIpc) is 3.20. The molecule has 0 unspecified atom stereocenters. The molecule has 1 aliphatic heterocycles. The summed E-state index contributed by atoms with van der Waals surface area (Å²) in [5.41, 5.74) is -1.70. The number of aliphatic carboxylic acids is 1. The van der Waals surface area contributed by atoms with E-state index >= 15 is 0 Å². The SMILES string of the molecule is FC(F)(F)c1cc(OC[C@@H]2CNC[C@H]2c2ccccc2)cc(C(F)(F)F)c1.O=C(O)C(F)(F)F. The minimum absolute atomic E-state index is 0.0190. The molecule has 2 aromatic carbocycles. The number of nitrogens with one attached hydrogen (secondary N) is 1. The molecule has 1 fully saturated rings. The molecule has 2 N–H and O–H groups in total. The standard InChI is InChI=1S/C19H17F6NO.C2HF3O2/c20-18(21,22)14-6-15(19(23,24)25)8-16(7-14)27-11-13-9-26-10-17(13)12-4-2-1-3-5-12;3-2(4,5)1(6)7/h1-8,13,17,26H,9-11H2;(H,6,7)/t13-,17-;/m0./s1. The van der Waals surface area contributed by atoms with Crippen molar-refractivity contribution in [2.45, 2.75) is 24.4 Å². The van der Waals surface area contributed by atoms with Gasteiger partial charge in [-0.2, -0.15) is 39.5 Å². The van der Waals surface area contributed by atoms with Gasteiger partial charge in [0.15, 0.2) is 0 Å². The van der Waals surface area contributed by atoms with Crippen molar-refractivity contribution in [3.63, 3.8) is 0 Å². The van der Waals surface area contributed by atoms with Crippen LogP contribution in [-0.2, 0) is 17.1 Å². The third kappa shape index (κ3) is 7.82. The second-order valence-electron chi connectivity index (χ2n) is 7.29. The van der Waals surface area contributed by atoms with Crippen molar-refractivity contribution >= 4 is 5.97 Å². The first-order valence-corrected chi connectivity index (χ1v) is 9.57. The van der Waals surface area contributed by atoms with Gasteiger partial charge in [-0.1, -0.05) is 30.3 Å². The molecule has 0 aliphatic carbocycles. The lowest BCUT2D eigenvalue weighted by molar-refractivity contribution is -0.192. The van der Waals surface area contributed by atoms with Crippen LogP contribution in [0.4, 0.5) is 39.5 Å². The second kappa shape index (κ2) is 10.5. The monoisotopic (exact) mass is 503 g/mol. The van der Waals surface area contributed by atoms with E-state index in [1.54, 1.807) is 0 Å². The molecule has 0 aromatic heterocycles. The van der Waals surface area contributed by atoms with Gasteiger partial charge >= 0.3 is 24.5 Å². The van der Waals surface area contributed by atoms with Crippen molar-refractivity contribution in [2.24, 2.45) is 5.92 Å². The summed E-state index contributed by atoms with van der Waals surface area (Å²) in [5, 5.41) is 10.3. The Kier molecular flexibility index (Phi) is 8.45. The van der Waals surface area contributed by atoms with Crippen LogP contribution in [0.1, 0.15) is 22.6 Å². The van der Waals surface area contributed by atoms with Gasteiger partial charge in [-0.15, -0.1) is 0 Å². The Balaban J connectivity index is 0.000000509. The fraction of sp³-hybridized carbons (Fsp3) is 0.381. The second-order valence-corrected chi connectivity index (χ2v) is 7.29. The predicted octanol–water partition coefficient (Wildman–Crippen LogP) is 5.74. The summed E-state index contributed by atoms with van der Waals surface area (Å²) in [6, 6.07) is 10.8. The van der Waals surface area contributed by atoms with Gasteiger partial charge < -0.3 is 15.2 Å². The normalized spacial score (nSPS) is 18.7. The zero-order chi connectivity index (χ0) is 25.7. The van der Waals surface area contributed by atoms with Gasteiger partial charge in [0.1, 0.15) is 5.75 Å². The number of carbonyl (C=O) groups is 1. The Labute approximate surface area is 187 Å². The van der Waals surface area contributed by atoms with Crippen LogP contribution in [0.2, 0.25) is 0 Å². The van der Waals surface area contributed by atoms with Crippen molar-refractivity contribution in [1.29, 1.82) is 0 Å². The molecule has 2 aromatic rings. The Morgan fingerprint density at radius 3 is 1.82 bits per heavy atom. The number of rotatable bonds is 4. The first kappa shape index (κ1) is 27.3. The summed E-state index contributed by atoms with van der Waals surface area (Å²) in [7, 11) is 0. The molecular formula is C21H18F9NO3. The molecule has 34 heavy (non-hydrogen) atoms. The maximum atomic E-state index is 12.9. The van der Waals surface area contributed by atoms with E-state index in [4.69, 9.17) is 14.6 Å². The minimum atomic E-state index is -5.08. The molecule has 4 nitrogen and oxygen atoms in total. The molecule has 2 atom stereocenters. The quantitative estimate of drug-likeness (QED) is 0.523. The van der Waals surface area contributed by atoms with E-state index in [-0.39, 0.29) is 24.5 Å². The smallest absolute Gasteiger partial charge is 0.490 e. The molecular weight excluding hydrogens is 485 g/mol. The van der Waals surface area contributed by atoms with E-state index < -0.39 is 41.4 Å². The van der Waals surface area contributed by atoms with E-state index in [0.29, 0.717) is 25.2 Å². The number of carboxylic acid groups (broad SMARTS) is 1. The van der Waals surface area contributed by atoms with Crippen LogP contribution in [0, 0.1) is 5.92 Å². The van der Waals surface area contributed by atoms with Crippen molar-refractivity contribution < 1.29 is 54.2 Å². The van der Waals surface area contributed by atoms with E-state index in [2.05, 4.69) is 5.32 Å². The van der Waals surface area contributed by atoms with Gasteiger partial charge in [-0.25, -0.2) is 4.79 Å². The zero-order valence-corrected chi connectivity index (χ0v) is 17.1.